The second-order valence-electron chi connectivity index (χ2n) is 9.29. The van der Waals surface area contributed by atoms with Crippen molar-refractivity contribution in [3.63, 3.8) is 0 Å². The lowest BCUT2D eigenvalue weighted by Crippen LogP contribution is -2.14. The third-order valence-corrected chi connectivity index (χ3v) is 4.79. The van der Waals surface area contributed by atoms with Crippen LogP contribution in [0.15, 0.2) is 24.3 Å². The van der Waals surface area contributed by atoms with E-state index in [1.54, 1.807) is 0 Å². The maximum Gasteiger partial charge on any atom is 0.118 e. The van der Waals surface area contributed by atoms with Gasteiger partial charge in [0.05, 0.1) is 0 Å². The molecular weight excluding hydrogens is 320 g/mol. The second-order valence-corrected chi connectivity index (χ2v) is 9.29. The van der Waals surface area contributed by atoms with Crippen LogP contribution >= 0.6 is 0 Å². The van der Waals surface area contributed by atoms with Crippen LogP contribution in [0.4, 0.5) is 0 Å². The molecule has 2 rings (SSSR count). The third-order valence-electron chi connectivity index (χ3n) is 4.79. The van der Waals surface area contributed by atoms with Gasteiger partial charge in [0, 0.05) is 0 Å². The molecule has 0 bridgehead atoms. The molecule has 0 heterocycles. The smallest absolute Gasteiger partial charge is 0.118 e. The van der Waals surface area contributed by atoms with Gasteiger partial charge in [-0.05, 0) is 82.3 Å². The van der Waals surface area contributed by atoms with Gasteiger partial charge in [-0.2, -0.15) is 0 Å². The van der Waals surface area contributed by atoms with Crippen LogP contribution in [0.25, 0.3) is 12.2 Å². The van der Waals surface area contributed by atoms with Gasteiger partial charge in [-0.3, -0.25) is 0 Å². The summed E-state index contributed by atoms with van der Waals surface area (Å²) < 4.78 is 0. The highest BCUT2D eigenvalue weighted by Crippen LogP contribution is 2.35. The van der Waals surface area contributed by atoms with Crippen LogP contribution in [-0.4, -0.2) is 10.2 Å². The molecule has 2 aromatic carbocycles. The number of hydrogen-bond acceptors (Lipinski definition) is 2. The molecule has 0 fully saturated rings. The Balaban J connectivity index is 2.62. The van der Waals surface area contributed by atoms with E-state index in [0.29, 0.717) is 11.5 Å². The van der Waals surface area contributed by atoms with E-state index in [2.05, 4.69) is 53.7 Å². The van der Waals surface area contributed by atoms with Crippen molar-refractivity contribution in [2.75, 3.05) is 0 Å². The molecule has 0 amide bonds. The first-order valence-electron chi connectivity index (χ1n) is 9.17. The highest BCUT2D eigenvalue weighted by atomic mass is 16.3. The standard InChI is InChI=1S/C24H32O2/c1-15-11-17(19(13-21(15)25)23(3,4)5)9-10-18-12-16(2)22(26)14-20(18)24(6,7)8/h9-14,25-26H,1-8H3. The van der Waals surface area contributed by atoms with Crippen molar-refractivity contribution in [3.05, 3.63) is 57.6 Å². The van der Waals surface area contributed by atoms with E-state index in [9.17, 15) is 10.2 Å². The van der Waals surface area contributed by atoms with Gasteiger partial charge in [0.1, 0.15) is 11.5 Å². The molecule has 2 N–H and O–H groups in total. The molecule has 140 valence electrons. The Kier molecular flexibility index (Phi) is 5.28. The monoisotopic (exact) mass is 352 g/mol. The van der Waals surface area contributed by atoms with Crippen molar-refractivity contribution in [3.8, 4) is 11.5 Å². The lowest BCUT2D eigenvalue weighted by Gasteiger charge is -2.24. The zero-order valence-electron chi connectivity index (χ0n) is 17.4. The van der Waals surface area contributed by atoms with E-state index in [-0.39, 0.29) is 10.8 Å². The Bertz CT molecular complexity index is 772. The summed E-state index contributed by atoms with van der Waals surface area (Å²) >= 11 is 0. The minimum absolute atomic E-state index is 0.0669. The number of aromatic hydroxyl groups is 2. The van der Waals surface area contributed by atoms with Gasteiger partial charge in [0.15, 0.2) is 0 Å². The highest BCUT2D eigenvalue weighted by Gasteiger charge is 2.20. The van der Waals surface area contributed by atoms with E-state index >= 15 is 0 Å². The molecule has 0 spiro atoms. The first kappa shape index (κ1) is 20.1. The van der Waals surface area contributed by atoms with Crippen LogP contribution in [0.3, 0.4) is 0 Å². The SMILES string of the molecule is Cc1cc(C=Cc2cc(C)c(O)cc2C(C)(C)C)c(C(C)(C)C)cc1O. The van der Waals surface area contributed by atoms with Crippen molar-refractivity contribution < 1.29 is 10.2 Å². The molecule has 0 aliphatic heterocycles. The van der Waals surface area contributed by atoms with Crippen molar-refractivity contribution in [1.29, 1.82) is 0 Å². The van der Waals surface area contributed by atoms with E-state index in [1.807, 2.05) is 38.1 Å². The quantitative estimate of drug-likeness (QED) is 0.607. The van der Waals surface area contributed by atoms with Crippen LogP contribution in [0.5, 0.6) is 11.5 Å². The summed E-state index contributed by atoms with van der Waals surface area (Å²) in [6.45, 7) is 16.8. The summed E-state index contributed by atoms with van der Waals surface area (Å²) in [4.78, 5) is 0. The normalized spacial score (nSPS) is 12.8. The number of benzene rings is 2. The first-order valence-corrected chi connectivity index (χ1v) is 9.17. The first-order chi connectivity index (χ1) is 11.8. The third kappa shape index (κ3) is 4.30. The Morgan fingerprint density at radius 1 is 0.615 bits per heavy atom. The Labute approximate surface area is 158 Å². The van der Waals surface area contributed by atoms with Crippen LogP contribution in [0.2, 0.25) is 0 Å². The predicted octanol–water partition coefficient (Wildman–Crippen LogP) is 6.48. The molecule has 0 unspecified atom stereocenters. The minimum atomic E-state index is -0.0669. The van der Waals surface area contributed by atoms with Gasteiger partial charge in [-0.1, -0.05) is 53.7 Å². The van der Waals surface area contributed by atoms with Crippen LogP contribution in [-0.2, 0) is 10.8 Å². The van der Waals surface area contributed by atoms with E-state index in [1.165, 1.54) is 0 Å². The topological polar surface area (TPSA) is 40.5 Å². The van der Waals surface area contributed by atoms with Gasteiger partial charge in [-0.15, -0.1) is 0 Å². The number of aryl methyl sites for hydroxylation is 2. The van der Waals surface area contributed by atoms with Crippen molar-refractivity contribution in [2.45, 2.75) is 66.2 Å². The molecule has 0 radical (unpaired) electrons. The molecule has 2 heteroatoms. The van der Waals surface area contributed by atoms with E-state index < -0.39 is 0 Å². The highest BCUT2D eigenvalue weighted by molar-refractivity contribution is 5.75. The number of phenols is 2. The van der Waals surface area contributed by atoms with E-state index in [0.717, 1.165) is 33.4 Å². The molecule has 2 aromatic rings. The molecule has 0 atom stereocenters. The summed E-state index contributed by atoms with van der Waals surface area (Å²) in [7, 11) is 0. The summed E-state index contributed by atoms with van der Waals surface area (Å²) in [5.74, 6) is 0.672. The van der Waals surface area contributed by atoms with E-state index in [4.69, 9.17) is 0 Å². The number of hydrogen-bond donors (Lipinski definition) is 2. The molecule has 0 saturated carbocycles. The van der Waals surface area contributed by atoms with Gasteiger partial charge in [0.25, 0.3) is 0 Å². The fourth-order valence-electron chi connectivity index (χ4n) is 3.19. The van der Waals surface area contributed by atoms with Crippen molar-refractivity contribution in [2.24, 2.45) is 0 Å². The molecule has 0 aliphatic rings. The van der Waals surface area contributed by atoms with Crippen LogP contribution in [0.1, 0.15) is 74.9 Å². The molecule has 0 aliphatic carbocycles. The van der Waals surface area contributed by atoms with Gasteiger partial charge in [0.2, 0.25) is 0 Å². The second kappa shape index (κ2) is 6.83. The maximum absolute atomic E-state index is 10.1. The largest absolute Gasteiger partial charge is 0.508 e. The lowest BCUT2D eigenvalue weighted by atomic mass is 9.81. The lowest BCUT2D eigenvalue weighted by molar-refractivity contribution is 0.466. The number of rotatable bonds is 2. The molecule has 0 saturated heterocycles. The minimum Gasteiger partial charge on any atom is -0.508 e. The van der Waals surface area contributed by atoms with Gasteiger partial charge >= 0.3 is 0 Å². The zero-order valence-corrected chi connectivity index (χ0v) is 17.4. The summed E-state index contributed by atoms with van der Waals surface area (Å²) in [5, 5.41) is 20.3. The Morgan fingerprint density at radius 2 is 0.923 bits per heavy atom. The number of phenolic OH excluding ortho intramolecular Hbond substituents is 2. The van der Waals surface area contributed by atoms with Crippen molar-refractivity contribution >= 4 is 12.2 Å². The molecule has 2 nitrogen and oxygen atoms in total. The summed E-state index contributed by atoms with van der Waals surface area (Å²) in [6.07, 6.45) is 4.24. The van der Waals surface area contributed by atoms with Gasteiger partial charge in [-0.25, -0.2) is 0 Å². The van der Waals surface area contributed by atoms with Crippen LogP contribution in [0, 0.1) is 13.8 Å². The average Bonchev–Trinajstić information content (AvgIpc) is 2.48. The molecule has 0 aromatic heterocycles. The Hall–Kier alpha value is -2.22. The summed E-state index contributed by atoms with van der Waals surface area (Å²) in [5.41, 5.74) is 6.06. The fraction of sp³-hybridized carbons (Fsp3) is 0.417. The molecule has 26 heavy (non-hydrogen) atoms. The van der Waals surface area contributed by atoms with Gasteiger partial charge < -0.3 is 10.2 Å². The molecular formula is C24H32O2. The Morgan fingerprint density at radius 3 is 1.19 bits per heavy atom. The average molecular weight is 353 g/mol. The fourth-order valence-corrected chi connectivity index (χ4v) is 3.19. The summed E-state index contributed by atoms with van der Waals surface area (Å²) in [6, 6.07) is 7.83. The predicted molar refractivity (Wildman–Crippen MR) is 112 cm³/mol. The van der Waals surface area contributed by atoms with Crippen LogP contribution < -0.4 is 0 Å². The maximum atomic E-state index is 10.1. The van der Waals surface area contributed by atoms with Crippen molar-refractivity contribution in [1.82, 2.24) is 0 Å². The zero-order chi connectivity index (χ0) is 19.9.